The highest BCUT2D eigenvalue weighted by Crippen LogP contribution is 2.34. The second kappa shape index (κ2) is 4.01. The zero-order chi connectivity index (χ0) is 13.6. The Hall–Kier alpha value is -1.51. The van der Waals surface area contributed by atoms with Crippen LogP contribution in [0, 0.1) is 5.41 Å². The lowest BCUT2D eigenvalue weighted by atomic mass is 9.82. The summed E-state index contributed by atoms with van der Waals surface area (Å²) in [4.78, 5) is 13.5. The number of hydrogen-bond donors (Lipinski definition) is 1. The van der Waals surface area contributed by atoms with Gasteiger partial charge in [0.05, 0.1) is 5.41 Å². The van der Waals surface area contributed by atoms with Gasteiger partial charge in [-0.05, 0) is 37.0 Å². The highest BCUT2D eigenvalue weighted by atomic mass is 16.4. The Morgan fingerprint density at radius 2 is 1.72 bits per heavy atom. The lowest BCUT2D eigenvalue weighted by molar-refractivity contribution is -0.142. The van der Waals surface area contributed by atoms with Crippen LogP contribution in [0.4, 0.5) is 5.69 Å². The fourth-order valence-electron chi connectivity index (χ4n) is 2.38. The van der Waals surface area contributed by atoms with E-state index in [9.17, 15) is 9.90 Å². The van der Waals surface area contributed by atoms with Crippen LogP contribution in [-0.2, 0) is 10.2 Å². The fourth-order valence-corrected chi connectivity index (χ4v) is 2.38. The number of rotatable bonds is 3. The molecule has 0 radical (unpaired) electrons. The van der Waals surface area contributed by atoms with Gasteiger partial charge in [-0.25, -0.2) is 0 Å². The molecule has 0 bridgehead atoms. The Bertz CT molecular complexity index is 452. The third kappa shape index (κ3) is 2.22. The summed E-state index contributed by atoms with van der Waals surface area (Å²) in [5.41, 5.74) is 1.60. The van der Waals surface area contributed by atoms with E-state index in [-0.39, 0.29) is 0 Å². The van der Waals surface area contributed by atoms with Crippen LogP contribution in [0.15, 0.2) is 24.3 Å². The van der Waals surface area contributed by atoms with Crippen molar-refractivity contribution in [2.24, 2.45) is 5.41 Å². The van der Waals surface area contributed by atoms with Crippen LogP contribution in [-0.4, -0.2) is 24.2 Å². The molecule has 0 atom stereocenters. The normalized spacial score (nSPS) is 18.3. The second-order valence-corrected chi connectivity index (χ2v) is 6.50. The van der Waals surface area contributed by atoms with Crippen LogP contribution in [0.25, 0.3) is 0 Å². The van der Waals surface area contributed by atoms with E-state index in [4.69, 9.17) is 0 Å². The number of nitrogens with zero attached hydrogens (tertiary/aromatic N) is 1. The molecule has 98 valence electrons. The molecule has 0 spiro atoms. The summed E-state index contributed by atoms with van der Waals surface area (Å²) in [5.74, 6) is -0.791. The third-order valence-corrected chi connectivity index (χ3v) is 3.73. The number of aliphatic carboxylic acids is 1. The van der Waals surface area contributed by atoms with Gasteiger partial charge in [-0.3, -0.25) is 4.79 Å². The van der Waals surface area contributed by atoms with Crippen molar-refractivity contribution < 1.29 is 9.90 Å². The van der Waals surface area contributed by atoms with Gasteiger partial charge >= 0.3 is 5.97 Å². The summed E-state index contributed by atoms with van der Waals surface area (Å²) in [5, 5.41) is 9.19. The molecule has 1 fully saturated rings. The first-order chi connectivity index (χ1) is 8.22. The first-order valence-corrected chi connectivity index (χ1v) is 6.31. The van der Waals surface area contributed by atoms with E-state index in [1.807, 2.05) is 24.3 Å². The van der Waals surface area contributed by atoms with E-state index >= 15 is 0 Å². The molecular weight excluding hydrogens is 226 g/mol. The maximum absolute atomic E-state index is 11.2. The van der Waals surface area contributed by atoms with Crippen LogP contribution in [0.1, 0.15) is 33.3 Å². The molecule has 1 aliphatic heterocycles. The van der Waals surface area contributed by atoms with Crippen molar-refractivity contribution in [2.45, 2.75) is 33.1 Å². The van der Waals surface area contributed by atoms with Crippen molar-refractivity contribution in [2.75, 3.05) is 18.0 Å². The van der Waals surface area contributed by atoms with E-state index in [2.05, 4.69) is 18.7 Å². The minimum atomic E-state index is -0.827. The standard InChI is InChI=1S/C15H21NO2/c1-14(2)9-16(10-14)12-7-5-11(6-8-12)15(3,4)13(17)18/h5-8H,9-10H2,1-4H3,(H,17,18). The van der Waals surface area contributed by atoms with Crippen LogP contribution in [0.3, 0.4) is 0 Å². The average molecular weight is 247 g/mol. The summed E-state index contributed by atoms with van der Waals surface area (Å²) in [6.07, 6.45) is 0. The first-order valence-electron chi connectivity index (χ1n) is 6.31. The predicted molar refractivity (Wildman–Crippen MR) is 73.1 cm³/mol. The maximum atomic E-state index is 11.2. The zero-order valence-electron chi connectivity index (χ0n) is 11.5. The van der Waals surface area contributed by atoms with E-state index in [1.165, 1.54) is 5.69 Å². The summed E-state index contributed by atoms with van der Waals surface area (Å²) in [6.45, 7) is 10.1. The van der Waals surface area contributed by atoms with E-state index in [1.54, 1.807) is 13.8 Å². The van der Waals surface area contributed by atoms with E-state index in [0.29, 0.717) is 5.41 Å². The molecule has 1 N–H and O–H groups in total. The number of carboxylic acid groups (broad SMARTS) is 1. The minimum Gasteiger partial charge on any atom is -0.481 e. The molecule has 3 nitrogen and oxygen atoms in total. The van der Waals surface area contributed by atoms with Crippen molar-refractivity contribution in [3.63, 3.8) is 0 Å². The molecule has 2 rings (SSSR count). The Morgan fingerprint density at radius 1 is 1.22 bits per heavy atom. The summed E-state index contributed by atoms with van der Waals surface area (Å²) in [6, 6.07) is 7.90. The highest BCUT2D eigenvalue weighted by Gasteiger charge is 2.34. The zero-order valence-corrected chi connectivity index (χ0v) is 11.5. The van der Waals surface area contributed by atoms with Crippen molar-refractivity contribution in [1.82, 2.24) is 0 Å². The minimum absolute atomic E-state index is 0.402. The molecule has 0 unspecified atom stereocenters. The smallest absolute Gasteiger partial charge is 0.313 e. The Labute approximate surface area is 108 Å². The lowest BCUT2D eigenvalue weighted by Gasteiger charge is -2.47. The van der Waals surface area contributed by atoms with Gasteiger partial charge in [-0.2, -0.15) is 0 Å². The molecule has 0 saturated carbocycles. The van der Waals surface area contributed by atoms with Crippen molar-refractivity contribution in [1.29, 1.82) is 0 Å². The first kappa shape index (κ1) is 12.9. The van der Waals surface area contributed by atoms with E-state index in [0.717, 1.165) is 18.7 Å². The SMILES string of the molecule is CC1(C)CN(c2ccc(C(C)(C)C(=O)O)cc2)C1. The number of carbonyl (C=O) groups is 1. The van der Waals surface area contributed by atoms with Gasteiger partial charge in [-0.15, -0.1) is 0 Å². The number of benzene rings is 1. The van der Waals surface area contributed by atoms with Gasteiger partial charge in [0.2, 0.25) is 0 Å². The average Bonchev–Trinajstić information content (AvgIpc) is 2.25. The molecule has 3 heteroatoms. The Kier molecular flexibility index (Phi) is 2.88. The Balaban J connectivity index is 2.14. The topological polar surface area (TPSA) is 40.5 Å². The monoisotopic (exact) mass is 247 g/mol. The van der Waals surface area contributed by atoms with Gasteiger partial charge in [0.25, 0.3) is 0 Å². The van der Waals surface area contributed by atoms with Crippen molar-refractivity contribution in [3.8, 4) is 0 Å². The van der Waals surface area contributed by atoms with Crippen LogP contribution in [0.2, 0.25) is 0 Å². The summed E-state index contributed by atoms with van der Waals surface area (Å²) in [7, 11) is 0. The lowest BCUT2D eigenvalue weighted by Crippen LogP contribution is -2.53. The van der Waals surface area contributed by atoms with Crippen LogP contribution < -0.4 is 4.90 Å². The molecule has 0 aliphatic carbocycles. The van der Waals surface area contributed by atoms with Crippen LogP contribution >= 0.6 is 0 Å². The third-order valence-electron chi connectivity index (χ3n) is 3.73. The largest absolute Gasteiger partial charge is 0.481 e. The molecule has 0 amide bonds. The fraction of sp³-hybridized carbons (Fsp3) is 0.533. The van der Waals surface area contributed by atoms with Gasteiger partial charge < -0.3 is 10.0 Å². The quantitative estimate of drug-likeness (QED) is 0.892. The van der Waals surface area contributed by atoms with E-state index < -0.39 is 11.4 Å². The summed E-state index contributed by atoms with van der Waals surface area (Å²) < 4.78 is 0. The molecule has 18 heavy (non-hydrogen) atoms. The molecule has 1 saturated heterocycles. The second-order valence-electron chi connectivity index (χ2n) is 6.50. The van der Waals surface area contributed by atoms with Crippen molar-refractivity contribution in [3.05, 3.63) is 29.8 Å². The number of hydrogen-bond acceptors (Lipinski definition) is 2. The van der Waals surface area contributed by atoms with Gasteiger partial charge in [0.1, 0.15) is 0 Å². The van der Waals surface area contributed by atoms with Crippen LogP contribution in [0.5, 0.6) is 0 Å². The van der Waals surface area contributed by atoms with Gasteiger partial charge in [0, 0.05) is 18.8 Å². The van der Waals surface area contributed by atoms with Gasteiger partial charge in [0.15, 0.2) is 0 Å². The maximum Gasteiger partial charge on any atom is 0.313 e. The molecule has 1 aliphatic rings. The molecule has 1 aromatic carbocycles. The number of anilines is 1. The predicted octanol–water partition coefficient (Wildman–Crippen LogP) is 2.90. The van der Waals surface area contributed by atoms with Gasteiger partial charge in [-0.1, -0.05) is 26.0 Å². The highest BCUT2D eigenvalue weighted by molar-refractivity contribution is 5.80. The van der Waals surface area contributed by atoms with Crippen molar-refractivity contribution >= 4 is 11.7 Å². The number of carboxylic acids is 1. The molecular formula is C15H21NO2. The summed E-state index contributed by atoms with van der Waals surface area (Å²) >= 11 is 0. The Morgan fingerprint density at radius 3 is 2.11 bits per heavy atom. The molecule has 1 aromatic rings. The molecule has 0 aromatic heterocycles. The molecule has 1 heterocycles.